The Morgan fingerprint density at radius 1 is 0.853 bits per heavy atom. The van der Waals surface area contributed by atoms with Crippen LogP contribution < -0.4 is 10.6 Å². The quantitative estimate of drug-likeness (QED) is 0.277. The molecule has 2 heterocycles. The second kappa shape index (κ2) is 10.9. The molecule has 34 heavy (non-hydrogen) atoms. The van der Waals surface area contributed by atoms with Crippen LogP contribution in [0, 0.1) is 27.7 Å². The van der Waals surface area contributed by atoms with Gasteiger partial charge in [-0.25, -0.2) is 4.98 Å². The molecule has 2 aromatic heterocycles. The van der Waals surface area contributed by atoms with Crippen LogP contribution in [-0.4, -0.2) is 38.5 Å². The van der Waals surface area contributed by atoms with E-state index in [1.807, 2.05) is 45.9 Å². The summed E-state index contributed by atoms with van der Waals surface area (Å²) in [7, 11) is 0. The number of carbonyl (C=O) groups is 2. The third-order valence-corrected chi connectivity index (χ3v) is 8.89. The van der Waals surface area contributed by atoms with Gasteiger partial charge in [0.05, 0.1) is 21.7 Å². The van der Waals surface area contributed by atoms with E-state index >= 15 is 0 Å². The number of aryl methyl sites for hydroxylation is 4. The zero-order chi connectivity index (χ0) is 24.2. The van der Waals surface area contributed by atoms with Crippen molar-refractivity contribution >= 4 is 79.6 Å². The van der Waals surface area contributed by atoms with Gasteiger partial charge >= 0.3 is 0 Å². The molecule has 2 N–H and O–H groups in total. The zero-order valence-corrected chi connectivity index (χ0v) is 22.4. The van der Waals surface area contributed by atoms with Crippen LogP contribution in [0.2, 0.25) is 0 Å². The highest BCUT2D eigenvalue weighted by atomic mass is 32.2. The van der Waals surface area contributed by atoms with Gasteiger partial charge in [-0.15, -0.1) is 21.5 Å². The van der Waals surface area contributed by atoms with Crippen molar-refractivity contribution in [3.05, 3.63) is 52.0 Å². The van der Waals surface area contributed by atoms with Crippen molar-refractivity contribution < 1.29 is 9.59 Å². The molecule has 0 fully saturated rings. The number of nitrogens with zero attached hydrogens (tertiary/aromatic N) is 3. The van der Waals surface area contributed by atoms with Gasteiger partial charge in [0.25, 0.3) is 0 Å². The van der Waals surface area contributed by atoms with E-state index in [0.717, 1.165) is 46.4 Å². The van der Waals surface area contributed by atoms with Gasteiger partial charge in [-0.3, -0.25) is 9.59 Å². The Morgan fingerprint density at radius 3 is 2.21 bits per heavy atom. The van der Waals surface area contributed by atoms with Crippen molar-refractivity contribution in [2.45, 2.75) is 36.4 Å². The fourth-order valence-corrected chi connectivity index (χ4v) is 6.91. The van der Waals surface area contributed by atoms with Crippen molar-refractivity contribution in [3.63, 3.8) is 0 Å². The number of thioether (sulfide) groups is 2. The molecule has 2 aromatic carbocycles. The molecule has 11 heteroatoms. The first-order valence-corrected chi connectivity index (χ1v) is 14.0. The van der Waals surface area contributed by atoms with Crippen molar-refractivity contribution in [1.29, 1.82) is 0 Å². The van der Waals surface area contributed by atoms with E-state index in [1.54, 1.807) is 0 Å². The predicted octanol–water partition coefficient (Wildman–Crippen LogP) is 5.84. The topological polar surface area (TPSA) is 96.9 Å². The van der Waals surface area contributed by atoms with Gasteiger partial charge < -0.3 is 10.6 Å². The minimum atomic E-state index is -0.102. The smallest absolute Gasteiger partial charge is 0.234 e. The Labute approximate surface area is 214 Å². The summed E-state index contributed by atoms with van der Waals surface area (Å²) in [5.41, 5.74) is 5.73. The second-order valence-electron chi connectivity index (χ2n) is 7.70. The molecule has 0 radical (unpaired) electrons. The Bertz CT molecular complexity index is 1340. The van der Waals surface area contributed by atoms with Crippen LogP contribution in [0.25, 0.3) is 10.2 Å². The first kappa shape index (κ1) is 24.6. The summed E-state index contributed by atoms with van der Waals surface area (Å²) in [4.78, 5) is 29.4. The SMILES string of the molecule is Cc1cc(C)c(NC(=O)CSc2nc3ccc(NC(=O)CSc4nnc(C)s4)cc3s2)c(C)c1. The number of amides is 2. The number of thiazole rings is 1. The molecule has 0 saturated heterocycles. The van der Waals surface area contributed by atoms with Gasteiger partial charge in [0.1, 0.15) is 5.01 Å². The van der Waals surface area contributed by atoms with Crippen molar-refractivity contribution in [1.82, 2.24) is 15.2 Å². The standard InChI is InChI=1S/C23H23N5O2S4/c1-12-7-13(2)21(14(3)8-12)26-20(30)11-31-22-25-17-6-5-16(9-18(17)34-22)24-19(29)10-32-23-28-27-15(4)33-23/h5-9H,10-11H2,1-4H3,(H,24,29)(H,26,30). The van der Waals surface area contributed by atoms with Crippen LogP contribution in [0.3, 0.4) is 0 Å². The number of hydrogen-bond donors (Lipinski definition) is 2. The van der Waals surface area contributed by atoms with Gasteiger partial charge in [0.15, 0.2) is 8.68 Å². The number of nitrogens with one attached hydrogen (secondary N) is 2. The second-order valence-corrected chi connectivity index (χ2v) is 12.4. The molecule has 0 aliphatic carbocycles. The summed E-state index contributed by atoms with van der Waals surface area (Å²) in [6, 6.07) is 9.76. The summed E-state index contributed by atoms with van der Waals surface area (Å²) in [5, 5.41) is 14.8. The minimum absolute atomic E-state index is 0.0598. The molecular weight excluding hydrogens is 507 g/mol. The number of rotatable bonds is 8. The summed E-state index contributed by atoms with van der Waals surface area (Å²) >= 11 is 5.76. The third-order valence-electron chi connectivity index (χ3n) is 4.75. The lowest BCUT2D eigenvalue weighted by molar-refractivity contribution is -0.114. The molecule has 4 aromatic rings. The maximum Gasteiger partial charge on any atom is 0.234 e. The molecule has 7 nitrogen and oxygen atoms in total. The van der Waals surface area contributed by atoms with Crippen molar-refractivity contribution in [3.8, 4) is 0 Å². The van der Waals surface area contributed by atoms with E-state index < -0.39 is 0 Å². The van der Waals surface area contributed by atoms with Gasteiger partial charge in [0.2, 0.25) is 11.8 Å². The van der Waals surface area contributed by atoms with E-state index in [2.05, 4.69) is 37.9 Å². The van der Waals surface area contributed by atoms with E-state index in [9.17, 15) is 9.59 Å². The molecular formula is C23H23N5O2S4. The van der Waals surface area contributed by atoms with Crippen LogP contribution in [0.4, 0.5) is 11.4 Å². The monoisotopic (exact) mass is 529 g/mol. The number of anilines is 2. The van der Waals surface area contributed by atoms with Gasteiger partial charge in [-0.2, -0.15) is 0 Å². The molecule has 0 saturated carbocycles. The highest BCUT2D eigenvalue weighted by Gasteiger charge is 2.12. The van der Waals surface area contributed by atoms with Crippen LogP contribution in [-0.2, 0) is 9.59 Å². The third kappa shape index (κ3) is 6.35. The van der Waals surface area contributed by atoms with E-state index in [1.165, 1.54) is 51.8 Å². The fraction of sp³-hybridized carbons (Fsp3) is 0.261. The van der Waals surface area contributed by atoms with Crippen LogP contribution in [0.15, 0.2) is 39.0 Å². The molecule has 0 aliphatic rings. The maximum atomic E-state index is 12.5. The van der Waals surface area contributed by atoms with Crippen molar-refractivity contribution in [2.24, 2.45) is 0 Å². The average Bonchev–Trinajstić information content (AvgIpc) is 3.38. The Balaban J connectivity index is 1.33. The molecule has 0 bridgehead atoms. The highest BCUT2D eigenvalue weighted by molar-refractivity contribution is 8.02. The number of aromatic nitrogens is 3. The lowest BCUT2D eigenvalue weighted by Gasteiger charge is -2.12. The Hall–Kier alpha value is -2.47. The van der Waals surface area contributed by atoms with E-state index in [4.69, 9.17) is 0 Å². The predicted molar refractivity (Wildman–Crippen MR) is 144 cm³/mol. The molecule has 176 valence electrons. The number of carbonyl (C=O) groups excluding carboxylic acids is 2. The van der Waals surface area contributed by atoms with Crippen LogP contribution in [0.5, 0.6) is 0 Å². The largest absolute Gasteiger partial charge is 0.325 e. The van der Waals surface area contributed by atoms with Gasteiger partial charge in [-0.05, 0) is 57.0 Å². The summed E-state index contributed by atoms with van der Waals surface area (Å²) in [6.07, 6.45) is 0. The summed E-state index contributed by atoms with van der Waals surface area (Å²) in [5.74, 6) is 0.384. The normalized spacial score (nSPS) is 11.1. The lowest BCUT2D eigenvalue weighted by Crippen LogP contribution is -2.15. The lowest BCUT2D eigenvalue weighted by atomic mass is 10.1. The zero-order valence-electron chi connectivity index (χ0n) is 19.1. The van der Waals surface area contributed by atoms with Crippen molar-refractivity contribution in [2.75, 3.05) is 22.1 Å². The molecule has 0 atom stereocenters. The molecule has 4 rings (SSSR count). The van der Waals surface area contributed by atoms with E-state index in [-0.39, 0.29) is 23.3 Å². The number of hydrogen-bond acceptors (Lipinski definition) is 9. The van der Waals surface area contributed by atoms with Gasteiger partial charge in [0, 0.05) is 11.4 Å². The fourth-order valence-electron chi connectivity index (χ4n) is 3.38. The summed E-state index contributed by atoms with van der Waals surface area (Å²) < 4.78 is 2.55. The summed E-state index contributed by atoms with van der Waals surface area (Å²) in [6.45, 7) is 7.94. The van der Waals surface area contributed by atoms with E-state index in [0.29, 0.717) is 0 Å². The first-order valence-electron chi connectivity index (χ1n) is 10.4. The minimum Gasteiger partial charge on any atom is -0.325 e. The highest BCUT2D eigenvalue weighted by Crippen LogP contribution is 2.32. The Morgan fingerprint density at radius 2 is 1.53 bits per heavy atom. The molecule has 0 unspecified atom stereocenters. The Kier molecular flexibility index (Phi) is 7.87. The number of benzene rings is 2. The number of fused-ring (bicyclic) bond motifs is 1. The molecule has 0 spiro atoms. The molecule has 0 aliphatic heterocycles. The van der Waals surface area contributed by atoms with Crippen LogP contribution >= 0.6 is 46.2 Å². The molecule has 2 amide bonds. The maximum absolute atomic E-state index is 12.5. The van der Waals surface area contributed by atoms with Gasteiger partial charge in [-0.1, -0.05) is 52.6 Å². The van der Waals surface area contributed by atoms with Crippen LogP contribution in [0.1, 0.15) is 21.7 Å². The first-order chi connectivity index (χ1) is 16.3. The average molecular weight is 530 g/mol.